The van der Waals surface area contributed by atoms with Crippen LogP contribution in [0.2, 0.25) is 0 Å². The van der Waals surface area contributed by atoms with Crippen molar-refractivity contribution in [3.63, 3.8) is 0 Å². The van der Waals surface area contributed by atoms with E-state index < -0.39 is 0 Å². The van der Waals surface area contributed by atoms with Crippen LogP contribution in [0.5, 0.6) is 0 Å². The summed E-state index contributed by atoms with van der Waals surface area (Å²) < 4.78 is 5.65. The highest BCUT2D eigenvalue weighted by Gasteiger charge is 2.29. The SMILES string of the molecule is Cc1cccc(Cc2noc(C3CCN(CCC(NC(=O)C4CCC4)c4ccccc4)CC3)n2)c1. The molecular formula is C29H36N4O2. The number of likely N-dealkylation sites (tertiary alicyclic amines) is 1. The molecule has 2 aliphatic rings. The average molecular weight is 473 g/mol. The molecule has 2 fully saturated rings. The molecule has 2 aromatic carbocycles. The van der Waals surface area contributed by atoms with Gasteiger partial charge in [-0.25, -0.2) is 0 Å². The molecule has 1 aromatic heterocycles. The first-order chi connectivity index (χ1) is 17.1. The number of hydrogen-bond donors (Lipinski definition) is 1. The van der Waals surface area contributed by atoms with Gasteiger partial charge < -0.3 is 14.7 Å². The van der Waals surface area contributed by atoms with Gasteiger partial charge >= 0.3 is 0 Å². The molecule has 1 aliphatic heterocycles. The molecule has 2 heterocycles. The number of benzene rings is 2. The van der Waals surface area contributed by atoms with Gasteiger partial charge in [0.25, 0.3) is 0 Å². The van der Waals surface area contributed by atoms with Crippen LogP contribution in [0.15, 0.2) is 59.1 Å². The van der Waals surface area contributed by atoms with Crippen molar-refractivity contribution >= 4 is 5.91 Å². The molecule has 1 N–H and O–H groups in total. The Kier molecular flexibility index (Phi) is 7.57. The minimum absolute atomic E-state index is 0.0714. The fourth-order valence-corrected chi connectivity index (χ4v) is 5.19. The van der Waals surface area contributed by atoms with Crippen molar-refractivity contribution in [2.75, 3.05) is 19.6 Å². The number of aromatic nitrogens is 2. The lowest BCUT2D eigenvalue weighted by atomic mass is 9.84. The lowest BCUT2D eigenvalue weighted by Gasteiger charge is -2.32. The first-order valence-corrected chi connectivity index (χ1v) is 13.1. The van der Waals surface area contributed by atoms with Crippen molar-refractivity contribution in [2.45, 2.75) is 63.8 Å². The second-order valence-electron chi connectivity index (χ2n) is 10.2. The van der Waals surface area contributed by atoms with E-state index >= 15 is 0 Å². The average Bonchev–Trinajstić information content (AvgIpc) is 3.30. The number of carbonyl (C=O) groups is 1. The van der Waals surface area contributed by atoms with Gasteiger partial charge in [-0.05, 0) is 63.2 Å². The highest BCUT2D eigenvalue weighted by molar-refractivity contribution is 5.79. The number of piperidine rings is 1. The molecule has 5 rings (SSSR count). The normalized spacial score (nSPS) is 18.2. The summed E-state index contributed by atoms with van der Waals surface area (Å²) in [4.78, 5) is 19.9. The van der Waals surface area contributed by atoms with Crippen LogP contribution in [0.4, 0.5) is 0 Å². The maximum Gasteiger partial charge on any atom is 0.229 e. The molecule has 35 heavy (non-hydrogen) atoms. The molecule has 1 atom stereocenters. The third-order valence-electron chi connectivity index (χ3n) is 7.59. The first-order valence-electron chi connectivity index (χ1n) is 13.1. The Bertz CT molecular complexity index is 1100. The molecule has 0 bridgehead atoms. The van der Waals surface area contributed by atoms with Gasteiger partial charge in [-0.3, -0.25) is 4.79 Å². The summed E-state index contributed by atoms with van der Waals surface area (Å²) in [5, 5.41) is 7.58. The van der Waals surface area contributed by atoms with Crippen LogP contribution in [0.25, 0.3) is 0 Å². The zero-order valence-corrected chi connectivity index (χ0v) is 20.7. The second kappa shape index (κ2) is 11.2. The van der Waals surface area contributed by atoms with E-state index in [2.05, 4.69) is 70.8 Å². The second-order valence-corrected chi connectivity index (χ2v) is 10.2. The fourth-order valence-electron chi connectivity index (χ4n) is 5.19. The highest BCUT2D eigenvalue weighted by Crippen LogP contribution is 2.30. The Balaban J connectivity index is 1.12. The summed E-state index contributed by atoms with van der Waals surface area (Å²) in [6.07, 6.45) is 6.92. The number of carbonyl (C=O) groups excluding carboxylic acids is 1. The van der Waals surface area contributed by atoms with Crippen LogP contribution >= 0.6 is 0 Å². The highest BCUT2D eigenvalue weighted by atomic mass is 16.5. The molecule has 184 valence electrons. The lowest BCUT2D eigenvalue weighted by molar-refractivity contribution is -0.128. The molecule has 0 spiro atoms. The van der Waals surface area contributed by atoms with Gasteiger partial charge in [-0.15, -0.1) is 0 Å². The summed E-state index contributed by atoms with van der Waals surface area (Å²) in [6, 6.07) is 18.9. The van der Waals surface area contributed by atoms with Gasteiger partial charge in [0, 0.05) is 24.8 Å². The molecule has 1 saturated heterocycles. The van der Waals surface area contributed by atoms with Crippen molar-refractivity contribution in [3.05, 3.63) is 83.0 Å². The maximum atomic E-state index is 12.6. The molecule has 6 heteroatoms. The fraction of sp³-hybridized carbons (Fsp3) is 0.483. The van der Waals surface area contributed by atoms with E-state index in [1.807, 2.05) is 6.07 Å². The number of nitrogens with one attached hydrogen (secondary N) is 1. The molecule has 1 saturated carbocycles. The topological polar surface area (TPSA) is 71.3 Å². The Morgan fingerprint density at radius 1 is 1.09 bits per heavy atom. The van der Waals surface area contributed by atoms with E-state index in [9.17, 15) is 4.79 Å². The van der Waals surface area contributed by atoms with Crippen LogP contribution in [-0.4, -0.2) is 40.6 Å². The van der Waals surface area contributed by atoms with E-state index in [-0.39, 0.29) is 17.9 Å². The van der Waals surface area contributed by atoms with Crippen molar-refractivity contribution < 1.29 is 9.32 Å². The van der Waals surface area contributed by atoms with E-state index in [1.54, 1.807) is 0 Å². The molecule has 3 aromatic rings. The Labute approximate surface area is 208 Å². The van der Waals surface area contributed by atoms with Crippen molar-refractivity contribution in [1.82, 2.24) is 20.4 Å². The quantitative estimate of drug-likeness (QED) is 0.464. The molecule has 1 unspecified atom stereocenters. The largest absolute Gasteiger partial charge is 0.349 e. The van der Waals surface area contributed by atoms with Crippen molar-refractivity contribution in [2.24, 2.45) is 5.92 Å². The maximum absolute atomic E-state index is 12.6. The summed E-state index contributed by atoms with van der Waals surface area (Å²) in [6.45, 7) is 5.10. The third kappa shape index (κ3) is 6.17. The van der Waals surface area contributed by atoms with Crippen LogP contribution in [0, 0.1) is 12.8 Å². The minimum atomic E-state index is 0.0714. The zero-order chi connectivity index (χ0) is 24.0. The van der Waals surface area contributed by atoms with E-state index in [0.29, 0.717) is 12.3 Å². The van der Waals surface area contributed by atoms with Crippen molar-refractivity contribution in [1.29, 1.82) is 0 Å². The number of aryl methyl sites for hydroxylation is 1. The van der Waals surface area contributed by atoms with Gasteiger partial charge in [0.05, 0.1) is 6.04 Å². The summed E-state index contributed by atoms with van der Waals surface area (Å²) >= 11 is 0. The smallest absolute Gasteiger partial charge is 0.229 e. The first kappa shape index (κ1) is 23.7. The third-order valence-corrected chi connectivity index (χ3v) is 7.59. The lowest BCUT2D eigenvalue weighted by Crippen LogP contribution is -2.39. The van der Waals surface area contributed by atoms with Gasteiger partial charge in [-0.2, -0.15) is 4.98 Å². The number of amides is 1. The van der Waals surface area contributed by atoms with Crippen LogP contribution in [-0.2, 0) is 11.2 Å². The summed E-state index contributed by atoms with van der Waals surface area (Å²) in [7, 11) is 0. The molecule has 1 amide bonds. The van der Waals surface area contributed by atoms with Crippen LogP contribution in [0.1, 0.15) is 78.9 Å². The molecule has 1 aliphatic carbocycles. The van der Waals surface area contributed by atoms with Gasteiger partial charge in [-0.1, -0.05) is 71.7 Å². The minimum Gasteiger partial charge on any atom is -0.349 e. The van der Waals surface area contributed by atoms with Crippen LogP contribution in [0.3, 0.4) is 0 Å². The predicted molar refractivity (Wildman–Crippen MR) is 136 cm³/mol. The Morgan fingerprint density at radius 2 is 1.89 bits per heavy atom. The predicted octanol–water partition coefficient (Wildman–Crippen LogP) is 5.20. The van der Waals surface area contributed by atoms with E-state index in [0.717, 1.165) is 63.5 Å². The zero-order valence-electron chi connectivity index (χ0n) is 20.7. The number of hydrogen-bond acceptors (Lipinski definition) is 5. The molecule has 0 radical (unpaired) electrons. The van der Waals surface area contributed by atoms with Crippen molar-refractivity contribution in [3.8, 4) is 0 Å². The summed E-state index contributed by atoms with van der Waals surface area (Å²) in [5.41, 5.74) is 3.65. The summed E-state index contributed by atoms with van der Waals surface area (Å²) in [5.74, 6) is 2.31. The van der Waals surface area contributed by atoms with Gasteiger partial charge in [0.1, 0.15) is 0 Å². The Hall–Kier alpha value is -2.99. The molecular weight excluding hydrogens is 436 g/mol. The van der Waals surface area contributed by atoms with Crippen LogP contribution < -0.4 is 5.32 Å². The Morgan fingerprint density at radius 3 is 2.60 bits per heavy atom. The number of rotatable bonds is 9. The standard InChI is InChI=1S/C29H36N4O2/c1-21-7-5-8-22(19-21)20-27-31-29(35-32-27)25-13-16-33(17-14-25)18-15-26(23-9-3-2-4-10-23)30-28(34)24-11-6-12-24/h2-5,7-10,19,24-26H,6,11-18,20H2,1H3,(H,30,34). The van der Waals surface area contributed by atoms with E-state index in [4.69, 9.17) is 9.51 Å². The number of nitrogens with zero attached hydrogens (tertiary/aromatic N) is 3. The van der Waals surface area contributed by atoms with Gasteiger partial charge in [0.2, 0.25) is 11.8 Å². The van der Waals surface area contributed by atoms with E-state index in [1.165, 1.54) is 23.1 Å². The monoisotopic (exact) mass is 472 g/mol. The molecule has 6 nitrogen and oxygen atoms in total. The van der Waals surface area contributed by atoms with Gasteiger partial charge in [0.15, 0.2) is 5.82 Å².